The molecule has 70 valence electrons. The SMILES string of the molecule is CCOC(=O)CC(=O)OCC.[Cr]. The minimum atomic E-state index is -0.536. The fourth-order valence-electron chi connectivity index (χ4n) is 0.542. The summed E-state index contributed by atoms with van der Waals surface area (Å²) >= 11 is 0. The van der Waals surface area contributed by atoms with Gasteiger partial charge in [0, 0.05) is 17.4 Å². The van der Waals surface area contributed by atoms with E-state index in [2.05, 4.69) is 9.47 Å². The van der Waals surface area contributed by atoms with Gasteiger partial charge in [0.25, 0.3) is 0 Å². The van der Waals surface area contributed by atoms with E-state index in [0.29, 0.717) is 0 Å². The van der Waals surface area contributed by atoms with Crippen LogP contribution in [0.25, 0.3) is 0 Å². The number of carbonyl (C=O) groups excluding carboxylic acids is 2. The van der Waals surface area contributed by atoms with Crippen molar-refractivity contribution in [3.05, 3.63) is 0 Å². The Kier molecular flexibility index (Phi) is 10.0. The van der Waals surface area contributed by atoms with Gasteiger partial charge >= 0.3 is 11.9 Å². The van der Waals surface area contributed by atoms with Gasteiger partial charge in [-0.1, -0.05) is 0 Å². The Morgan fingerprint density at radius 3 is 1.58 bits per heavy atom. The van der Waals surface area contributed by atoms with E-state index in [1.807, 2.05) is 0 Å². The van der Waals surface area contributed by atoms with E-state index in [4.69, 9.17) is 0 Å². The van der Waals surface area contributed by atoms with E-state index in [9.17, 15) is 9.59 Å². The minimum absolute atomic E-state index is 0. The molecule has 0 atom stereocenters. The van der Waals surface area contributed by atoms with E-state index in [-0.39, 0.29) is 37.0 Å². The molecule has 0 aliphatic heterocycles. The van der Waals surface area contributed by atoms with Gasteiger partial charge in [0.05, 0.1) is 13.2 Å². The minimum Gasteiger partial charge on any atom is -0.466 e. The van der Waals surface area contributed by atoms with Gasteiger partial charge in [-0.05, 0) is 13.8 Å². The van der Waals surface area contributed by atoms with Gasteiger partial charge in [0.15, 0.2) is 0 Å². The van der Waals surface area contributed by atoms with Gasteiger partial charge in [-0.3, -0.25) is 9.59 Å². The predicted molar refractivity (Wildman–Crippen MR) is 37.9 cm³/mol. The Labute approximate surface area is 82.4 Å². The van der Waals surface area contributed by atoms with E-state index in [0.717, 1.165) is 0 Å². The number of esters is 2. The molecule has 12 heavy (non-hydrogen) atoms. The second kappa shape index (κ2) is 8.57. The van der Waals surface area contributed by atoms with Crippen LogP contribution in [0.15, 0.2) is 0 Å². The summed E-state index contributed by atoms with van der Waals surface area (Å²) < 4.78 is 9.04. The quantitative estimate of drug-likeness (QED) is 0.503. The van der Waals surface area contributed by atoms with Crippen molar-refractivity contribution in [2.75, 3.05) is 13.2 Å². The first kappa shape index (κ1) is 14.0. The average molecular weight is 212 g/mol. The summed E-state index contributed by atoms with van der Waals surface area (Å²) in [4.78, 5) is 21.2. The number of carbonyl (C=O) groups is 2. The van der Waals surface area contributed by atoms with Crippen molar-refractivity contribution in [1.29, 1.82) is 0 Å². The van der Waals surface area contributed by atoms with Crippen LogP contribution < -0.4 is 0 Å². The zero-order chi connectivity index (χ0) is 8.69. The summed E-state index contributed by atoms with van der Waals surface area (Å²) in [5.74, 6) is -1.07. The molecule has 0 aromatic rings. The third kappa shape index (κ3) is 7.58. The van der Waals surface area contributed by atoms with Crippen LogP contribution in [0, 0.1) is 0 Å². The molecule has 4 nitrogen and oxygen atoms in total. The fourth-order valence-corrected chi connectivity index (χ4v) is 0.542. The molecule has 5 heteroatoms. The van der Waals surface area contributed by atoms with Crippen LogP contribution in [0.1, 0.15) is 20.3 Å². The molecule has 0 aromatic carbocycles. The van der Waals surface area contributed by atoms with Gasteiger partial charge in [-0.15, -0.1) is 0 Å². The Balaban J connectivity index is 0. The molecule has 0 aliphatic rings. The van der Waals surface area contributed by atoms with Gasteiger partial charge < -0.3 is 9.47 Å². The monoisotopic (exact) mass is 212 g/mol. The van der Waals surface area contributed by atoms with E-state index in [1.165, 1.54) is 0 Å². The Hall–Kier alpha value is -0.528. The Morgan fingerprint density at radius 2 is 1.33 bits per heavy atom. The molecule has 0 saturated heterocycles. The molecule has 0 saturated carbocycles. The Morgan fingerprint density at radius 1 is 1.00 bits per heavy atom. The molecule has 0 bridgehead atoms. The number of rotatable bonds is 4. The maximum absolute atomic E-state index is 10.6. The molecule has 0 amide bonds. The maximum atomic E-state index is 10.6. The third-order valence-corrected chi connectivity index (χ3v) is 0.899. The molecular formula is C7H12CrO4. The zero-order valence-corrected chi connectivity index (χ0v) is 8.44. The summed E-state index contributed by atoms with van der Waals surface area (Å²) in [6.45, 7) is 3.95. The summed E-state index contributed by atoms with van der Waals surface area (Å²) in [5.41, 5.74) is 0. The van der Waals surface area contributed by atoms with E-state index >= 15 is 0 Å². The molecule has 0 rings (SSSR count). The molecule has 0 aromatic heterocycles. The normalized spacial score (nSPS) is 8.17. The van der Waals surface area contributed by atoms with Crippen molar-refractivity contribution in [2.45, 2.75) is 20.3 Å². The molecule has 0 N–H and O–H groups in total. The van der Waals surface area contributed by atoms with Gasteiger partial charge in [-0.2, -0.15) is 0 Å². The van der Waals surface area contributed by atoms with Crippen molar-refractivity contribution in [3.63, 3.8) is 0 Å². The molecule has 0 radical (unpaired) electrons. The van der Waals surface area contributed by atoms with Crippen LogP contribution in [0.4, 0.5) is 0 Å². The fraction of sp³-hybridized carbons (Fsp3) is 0.714. The van der Waals surface area contributed by atoms with Crippen LogP contribution >= 0.6 is 0 Å². The standard InChI is InChI=1S/C7H12O4.Cr/c1-3-10-6(8)5-7(9)11-4-2;/h3-5H2,1-2H3;. The second-order valence-electron chi connectivity index (χ2n) is 1.79. The van der Waals surface area contributed by atoms with Crippen LogP contribution in [-0.2, 0) is 36.4 Å². The summed E-state index contributed by atoms with van der Waals surface area (Å²) in [6.07, 6.45) is -0.290. The van der Waals surface area contributed by atoms with Crippen LogP contribution in [-0.4, -0.2) is 25.2 Å². The smallest absolute Gasteiger partial charge is 0.317 e. The molecule has 0 fully saturated rings. The number of hydrogen-bond acceptors (Lipinski definition) is 4. The second-order valence-corrected chi connectivity index (χ2v) is 1.79. The van der Waals surface area contributed by atoms with Crippen molar-refractivity contribution >= 4 is 11.9 Å². The summed E-state index contributed by atoms with van der Waals surface area (Å²) in [5, 5.41) is 0. The average Bonchev–Trinajstić information content (AvgIpc) is 1.87. The maximum Gasteiger partial charge on any atom is 0.317 e. The number of hydrogen-bond donors (Lipinski definition) is 0. The van der Waals surface area contributed by atoms with Gasteiger partial charge in [0.1, 0.15) is 6.42 Å². The largest absolute Gasteiger partial charge is 0.466 e. The van der Waals surface area contributed by atoms with E-state index in [1.54, 1.807) is 13.8 Å². The number of ether oxygens (including phenoxy) is 2. The van der Waals surface area contributed by atoms with Gasteiger partial charge in [0.2, 0.25) is 0 Å². The summed E-state index contributed by atoms with van der Waals surface area (Å²) in [7, 11) is 0. The van der Waals surface area contributed by atoms with Crippen molar-refractivity contribution < 1.29 is 36.4 Å². The predicted octanol–water partition coefficient (Wildman–Crippen LogP) is 0.500. The molecular weight excluding hydrogens is 200 g/mol. The van der Waals surface area contributed by atoms with E-state index < -0.39 is 11.9 Å². The van der Waals surface area contributed by atoms with Crippen molar-refractivity contribution in [1.82, 2.24) is 0 Å². The van der Waals surface area contributed by atoms with Crippen LogP contribution in [0.5, 0.6) is 0 Å². The first-order valence-electron chi connectivity index (χ1n) is 3.52. The molecule has 0 aliphatic carbocycles. The Bertz CT molecular complexity index is 130. The van der Waals surface area contributed by atoms with Crippen LogP contribution in [0.2, 0.25) is 0 Å². The first-order chi connectivity index (χ1) is 5.20. The molecule has 0 unspecified atom stereocenters. The third-order valence-electron chi connectivity index (χ3n) is 0.899. The van der Waals surface area contributed by atoms with Gasteiger partial charge in [-0.25, -0.2) is 0 Å². The molecule has 0 spiro atoms. The van der Waals surface area contributed by atoms with Crippen LogP contribution in [0.3, 0.4) is 0 Å². The zero-order valence-electron chi connectivity index (χ0n) is 7.16. The molecule has 0 heterocycles. The summed E-state index contributed by atoms with van der Waals surface area (Å²) in [6, 6.07) is 0. The van der Waals surface area contributed by atoms with Crippen molar-refractivity contribution in [2.24, 2.45) is 0 Å². The topological polar surface area (TPSA) is 52.6 Å². The first-order valence-corrected chi connectivity index (χ1v) is 3.52. The van der Waals surface area contributed by atoms with Crippen molar-refractivity contribution in [3.8, 4) is 0 Å².